The number of allylic oxidation sites excluding steroid dienone is 1. The lowest BCUT2D eigenvalue weighted by atomic mass is 10.2. The number of nitriles is 1. The molecule has 0 N–H and O–H groups in total. The Hall–Kier alpha value is -2.29. The zero-order valence-electron chi connectivity index (χ0n) is 11.8. The number of para-hydroxylation sites is 1. The molecule has 0 amide bonds. The SMILES string of the molecule is COc1ccc(/C=C(\C#N)Sc2nc3ccccc3s2)cc1. The molecule has 0 aliphatic carbocycles. The second-order valence-electron chi connectivity index (χ2n) is 4.44. The second kappa shape index (κ2) is 6.65. The fraction of sp³-hybridized carbons (Fsp3) is 0.0588. The largest absolute Gasteiger partial charge is 0.497 e. The number of fused-ring (bicyclic) bond motifs is 1. The summed E-state index contributed by atoms with van der Waals surface area (Å²) >= 11 is 2.99. The lowest BCUT2D eigenvalue weighted by Gasteiger charge is -2.00. The number of thioether (sulfide) groups is 1. The molecule has 1 aromatic heterocycles. The van der Waals surface area contributed by atoms with Crippen LogP contribution in [-0.2, 0) is 0 Å². The maximum Gasteiger partial charge on any atom is 0.156 e. The predicted octanol–water partition coefficient (Wildman–Crippen LogP) is 4.96. The third-order valence-corrected chi connectivity index (χ3v) is 5.02. The van der Waals surface area contributed by atoms with Crippen LogP contribution >= 0.6 is 23.1 Å². The van der Waals surface area contributed by atoms with Gasteiger partial charge in [-0.3, -0.25) is 0 Å². The molecule has 0 atom stereocenters. The number of hydrogen-bond acceptors (Lipinski definition) is 5. The van der Waals surface area contributed by atoms with Gasteiger partial charge < -0.3 is 4.74 Å². The number of benzene rings is 2. The van der Waals surface area contributed by atoms with Gasteiger partial charge in [0.05, 0.1) is 22.2 Å². The van der Waals surface area contributed by atoms with Crippen LogP contribution in [0, 0.1) is 11.3 Å². The van der Waals surface area contributed by atoms with Gasteiger partial charge in [0.2, 0.25) is 0 Å². The summed E-state index contributed by atoms with van der Waals surface area (Å²) in [5, 5.41) is 9.34. The van der Waals surface area contributed by atoms with Gasteiger partial charge in [-0.2, -0.15) is 5.26 Å². The van der Waals surface area contributed by atoms with E-state index in [1.165, 1.54) is 11.8 Å². The van der Waals surface area contributed by atoms with Crippen molar-refractivity contribution in [3.63, 3.8) is 0 Å². The molecule has 0 fully saturated rings. The van der Waals surface area contributed by atoms with E-state index >= 15 is 0 Å². The first kappa shape index (κ1) is 14.6. The summed E-state index contributed by atoms with van der Waals surface area (Å²) in [6.45, 7) is 0. The van der Waals surface area contributed by atoms with E-state index in [2.05, 4.69) is 11.1 Å². The molecule has 22 heavy (non-hydrogen) atoms. The second-order valence-corrected chi connectivity index (χ2v) is 6.76. The number of hydrogen-bond donors (Lipinski definition) is 0. The van der Waals surface area contributed by atoms with Crippen LogP contribution in [0.2, 0.25) is 0 Å². The number of thiazole rings is 1. The summed E-state index contributed by atoms with van der Waals surface area (Å²) in [5.74, 6) is 0.800. The van der Waals surface area contributed by atoms with E-state index in [9.17, 15) is 5.26 Å². The average Bonchev–Trinajstić information content (AvgIpc) is 2.97. The van der Waals surface area contributed by atoms with E-state index in [0.29, 0.717) is 4.91 Å². The van der Waals surface area contributed by atoms with Gasteiger partial charge in [-0.25, -0.2) is 4.98 Å². The van der Waals surface area contributed by atoms with Crippen LogP contribution in [0.25, 0.3) is 16.3 Å². The summed E-state index contributed by atoms with van der Waals surface area (Å²) in [6.07, 6.45) is 1.86. The van der Waals surface area contributed by atoms with Crippen molar-refractivity contribution in [3.8, 4) is 11.8 Å². The van der Waals surface area contributed by atoms with E-state index in [1.54, 1.807) is 18.4 Å². The molecular formula is C17H12N2OS2. The molecule has 1 heterocycles. The number of methoxy groups -OCH3 is 1. The number of nitrogens with zero attached hydrogens (tertiary/aromatic N) is 2. The minimum atomic E-state index is 0.615. The van der Waals surface area contributed by atoms with Crippen molar-refractivity contribution in [1.82, 2.24) is 4.98 Å². The Morgan fingerprint density at radius 2 is 2.00 bits per heavy atom. The standard InChI is InChI=1S/C17H12N2OS2/c1-20-13-8-6-12(7-9-13)10-14(11-18)21-17-19-15-4-2-3-5-16(15)22-17/h2-10H,1H3/b14-10+. The maximum absolute atomic E-state index is 9.34. The van der Waals surface area contributed by atoms with Crippen molar-refractivity contribution in [1.29, 1.82) is 5.26 Å². The van der Waals surface area contributed by atoms with E-state index in [-0.39, 0.29) is 0 Å². The molecule has 3 rings (SSSR count). The highest BCUT2D eigenvalue weighted by Crippen LogP contribution is 2.34. The molecule has 0 saturated carbocycles. The van der Waals surface area contributed by atoms with Gasteiger partial charge >= 0.3 is 0 Å². The number of aromatic nitrogens is 1. The molecule has 3 nitrogen and oxygen atoms in total. The Bertz CT molecular complexity index is 827. The van der Waals surface area contributed by atoms with Gasteiger partial charge in [-0.1, -0.05) is 24.3 Å². The third kappa shape index (κ3) is 3.30. The van der Waals surface area contributed by atoms with Gasteiger partial charge in [0.15, 0.2) is 4.34 Å². The van der Waals surface area contributed by atoms with Crippen molar-refractivity contribution in [3.05, 3.63) is 59.0 Å². The van der Waals surface area contributed by atoms with E-state index in [1.807, 2.05) is 54.6 Å². The third-order valence-electron chi connectivity index (χ3n) is 3.00. The van der Waals surface area contributed by atoms with Gasteiger partial charge in [0.1, 0.15) is 11.8 Å². The summed E-state index contributed by atoms with van der Waals surface area (Å²) in [5.41, 5.74) is 1.93. The van der Waals surface area contributed by atoms with Crippen molar-refractivity contribution in [2.24, 2.45) is 0 Å². The molecule has 0 aliphatic rings. The monoisotopic (exact) mass is 324 g/mol. The smallest absolute Gasteiger partial charge is 0.156 e. The lowest BCUT2D eigenvalue weighted by molar-refractivity contribution is 0.415. The summed E-state index contributed by atoms with van der Waals surface area (Å²) in [4.78, 5) is 5.15. The predicted molar refractivity (Wildman–Crippen MR) is 92.1 cm³/mol. The average molecular weight is 324 g/mol. The minimum Gasteiger partial charge on any atom is -0.497 e. The first-order valence-corrected chi connectivity index (χ1v) is 8.21. The van der Waals surface area contributed by atoms with Crippen molar-refractivity contribution >= 4 is 39.4 Å². The van der Waals surface area contributed by atoms with Crippen molar-refractivity contribution in [2.45, 2.75) is 4.34 Å². The zero-order chi connectivity index (χ0) is 15.4. The highest BCUT2D eigenvalue weighted by Gasteiger charge is 2.07. The zero-order valence-corrected chi connectivity index (χ0v) is 13.4. The fourth-order valence-corrected chi connectivity index (χ4v) is 3.90. The molecule has 0 aliphatic heterocycles. The van der Waals surface area contributed by atoms with Crippen LogP contribution in [0.5, 0.6) is 5.75 Å². The molecule has 0 radical (unpaired) electrons. The Morgan fingerprint density at radius 1 is 1.23 bits per heavy atom. The molecule has 0 bridgehead atoms. The van der Waals surface area contributed by atoms with Crippen molar-refractivity contribution in [2.75, 3.05) is 7.11 Å². The van der Waals surface area contributed by atoms with Crippen LogP contribution in [0.1, 0.15) is 5.56 Å². The molecular weight excluding hydrogens is 312 g/mol. The van der Waals surface area contributed by atoms with Gasteiger partial charge in [0, 0.05) is 0 Å². The highest BCUT2D eigenvalue weighted by molar-refractivity contribution is 8.05. The van der Waals surface area contributed by atoms with Crippen LogP contribution < -0.4 is 4.74 Å². The molecule has 0 saturated heterocycles. The minimum absolute atomic E-state index is 0.615. The first-order chi connectivity index (χ1) is 10.8. The molecule has 2 aromatic carbocycles. The van der Waals surface area contributed by atoms with Crippen LogP contribution in [0.3, 0.4) is 0 Å². The van der Waals surface area contributed by atoms with Crippen LogP contribution in [-0.4, -0.2) is 12.1 Å². The Balaban J connectivity index is 1.84. The summed E-state index contributed by atoms with van der Waals surface area (Å²) in [7, 11) is 1.63. The Morgan fingerprint density at radius 3 is 2.68 bits per heavy atom. The van der Waals surface area contributed by atoms with E-state index in [0.717, 1.165) is 25.9 Å². The molecule has 0 unspecified atom stereocenters. The summed E-state index contributed by atoms with van der Waals surface area (Å²) < 4.78 is 7.14. The van der Waals surface area contributed by atoms with Crippen molar-refractivity contribution < 1.29 is 4.74 Å². The topological polar surface area (TPSA) is 45.9 Å². The molecule has 0 spiro atoms. The van der Waals surface area contributed by atoms with Gasteiger partial charge in [-0.15, -0.1) is 11.3 Å². The van der Waals surface area contributed by atoms with Crippen LogP contribution in [0.15, 0.2) is 57.8 Å². The van der Waals surface area contributed by atoms with E-state index in [4.69, 9.17) is 4.74 Å². The number of ether oxygens (including phenoxy) is 1. The van der Waals surface area contributed by atoms with E-state index < -0.39 is 0 Å². The van der Waals surface area contributed by atoms with Crippen LogP contribution in [0.4, 0.5) is 0 Å². The Kier molecular flexibility index (Phi) is 4.42. The molecule has 5 heteroatoms. The lowest BCUT2D eigenvalue weighted by Crippen LogP contribution is -1.82. The number of rotatable bonds is 4. The quantitative estimate of drug-likeness (QED) is 0.502. The van der Waals surface area contributed by atoms with Gasteiger partial charge in [-0.05, 0) is 47.7 Å². The molecule has 3 aromatic rings. The van der Waals surface area contributed by atoms with Gasteiger partial charge in [0.25, 0.3) is 0 Å². The Labute approximate surface area is 136 Å². The fourth-order valence-electron chi connectivity index (χ4n) is 1.92. The normalized spacial score (nSPS) is 11.4. The maximum atomic E-state index is 9.34. The molecule has 108 valence electrons. The first-order valence-electron chi connectivity index (χ1n) is 6.58. The summed E-state index contributed by atoms with van der Waals surface area (Å²) in [6, 6.07) is 17.8. The highest BCUT2D eigenvalue weighted by atomic mass is 32.2.